The van der Waals surface area contributed by atoms with Gasteiger partial charge < -0.3 is 5.32 Å². The number of fused-ring (bicyclic) bond motifs is 2. The fourth-order valence-electron chi connectivity index (χ4n) is 3.30. The zero-order valence-electron chi connectivity index (χ0n) is 11.1. The van der Waals surface area contributed by atoms with Crippen LogP contribution in [0.4, 0.5) is 5.82 Å². The molecule has 0 aromatic carbocycles. The van der Waals surface area contributed by atoms with Crippen LogP contribution in [0.5, 0.6) is 0 Å². The van der Waals surface area contributed by atoms with E-state index in [1.807, 2.05) is 14.1 Å². The maximum atomic E-state index is 4.60. The Morgan fingerprint density at radius 1 is 1.26 bits per heavy atom. The second kappa shape index (κ2) is 3.67. The summed E-state index contributed by atoms with van der Waals surface area (Å²) >= 11 is 0. The third-order valence-corrected chi connectivity index (χ3v) is 4.09. The van der Waals surface area contributed by atoms with Crippen LogP contribution >= 0.6 is 0 Å². The molecule has 19 heavy (non-hydrogen) atoms. The van der Waals surface area contributed by atoms with Crippen molar-refractivity contribution in [2.75, 3.05) is 19.4 Å². The van der Waals surface area contributed by atoms with Crippen molar-refractivity contribution in [1.82, 2.24) is 4.98 Å². The molecule has 0 fully saturated rings. The molecule has 0 saturated heterocycles. The monoisotopic (exact) mass is 249 g/mol. The number of hydrogen-bond donors (Lipinski definition) is 1. The second-order valence-electron chi connectivity index (χ2n) is 5.01. The molecule has 0 saturated carbocycles. The first-order valence-corrected chi connectivity index (χ1v) is 6.66. The summed E-state index contributed by atoms with van der Waals surface area (Å²) in [6.45, 7) is 0. The summed E-state index contributed by atoms with van der Waals surface area (Å²) in [5.41, 5.74) is 6.33. The summed E-state index contributed by atoms with van der Waals surface area (Å²) in [5.74, 6) is 0.944. The van der Waals surface area contributed by atoms with Gasteiger partial charge in [0, 0.05) is 24.5 Å². The summed E-state index contributed by atoms with van der Waals surface area (Å²) in [7, 11) is 3.73. The molecule has 0 radical (unpaired) electrons. The molecule has 1 heterocycles. The van der Waals surface area contributed by atoms with Crippen molar-refractivity contribution in [2.45, 2.75) is 12.8 Å². The predicted molar refractivity (Wildman–Crippen MR) is 76.9 cm³/mol. The molecule has 4 rings (SSSR count). The third kappa shape index (κ3) is 1.22. The molecule has 0 amide bonds. The highest BCUT2D eigenvalue weighted by Crippen LogP contribution is 2.39. The normalized spacial score (nSPS) is 15.6. The van der Waals surface area contributed by atoms with E-state index in [2.05, 4.69) is 39.6 Å². The van der Waals surface area contributed by atoms with E-state index in [4.69, 9.17) is 0 Å². The summed E-state index contributed by atoms with van der Waals surface area (Å²) in [6, 6.07) is 4.48. The second-order valence-corrected chi connectivity index (χ2v) is 5.01. The molecule has 94 valence electrons. The summed E-state index contributed by atoms with van der Waals surface area (Å²) in [6.07, 6.45) is 6.76. The Hall–Kier alpha value is -2.16. The lowest BCUT2D eigenvalue weighted by Crippen LogP contribution is -2.05. The molecule has 0 bridgehead atoms. The molecule has 1 N–H and O–H groups in total. The molecule has 0 unspecified atom stereocenters. The topological polar surface area (TPSA) is 37.3 Å². The van der Waals surface area contributed by atoms with Crippen LogP contribution in [-0.4, -0.2) is 19.1 Å². The Bertz CT molecular complexity index is 863. The van der Waals surface area contributed by atoms with Crippen molar-refractivity contribution in [3.05, 3.63) is 45.3 Å². The number of allylic oxidation sites excluding steroid dienone is 1. The van der Waals surface area contributed by atoms with Crippen molar-refractivity contribution in [1.29, 1.82) is 0 Å². The van der Waals surface area contributed by atoms with E-state index < -0.39 is 0 Å². The minimum Gasteiger partial charge on any atom is -0.373 e. The van der Waals surface area contributed by atoms with E-state index in [0.717, 1.165) is 24.1 Å². The number of aromatic nitrogens is 1. The lowest BCUT2D eigenvalue weighted by atomic mass is 10.1. The van der Waals surface area contributed by atoms with Crippen molar-refractivity contribution in [3.63, 3.8) is 0 Å². The van der Waals surface area contributed by atoms with E-state index in [-0.39, 0.29) is 0 Å². The molecule has 3 heteroatoms. The van der Waals surface area contributed by atoms with Crippen LogP contribution in [0.1, 0.15) is 17.5 Å². The first-order chi connectivity index (χ1) is 9.35. The summed E-state index contributed by atoms with van der Waals surface area (Å²) in [4.78, 5) is 8.94. The highest BCUT2D eigenvalue weighted by molar-refractivity contribution is 5.86. The molecule has 3 aliphatic carbocycles. The third-order valence-electron chi connectivity index (χ3n) is 4.09. The number of nitrogens with one attached hydrogen (secondary N) is 1. The molecule has 4 aliphatic rings. The van der Waals surface area contributed by atoms with E-state index in [1.165, 1.54) is 32.7 Å². The number of aryl methyl sites for hydroxylation is 1. The molecule has 0 spiro atoms. The number of hydrogen-bond acceptors (Lipinski definition) is 3. The maximum Gasteiger partial charge on any atom is 0.158 e. The smallest absolute Gasteiger partial charge is 0.158 e. The first kappa shape index (κ1) is 10.7. The van der Waals surface area contributed by atoms with Gasteiger partial charge in [-0.2, -0.15) is 0 Å². The fraction of sp³-hybridized carbons (Fsp3) is 0.250. The predicted octanol–water partition coefficient (Wildman–Crippen LogP) is 2.32. The molecule has 0 aromatic rings. The van der Waals surface area contributed by atoms with Crippen LogP contribution in [0.15, 0.2) is 23.2 Å². The van der Waals surface area contributed by atoms with E-state index in [9.17, 15) is 0 Å². The average molecular weight is 249 g/mol. The first-order valence-electron chi connectivity index (χ1n) is 6.66. The molecular formula is C16H15N3. The summed E-state index contributed by atoms with van der Waals surface area (Å²) < 4.78 is 0. The van der Waals surface area contributed by atoms with Gasteiger partial charge in [0.15, 0.2) is 5.49 Å². The zero-order chi connectivity index (χ0) is 13.0. The Morgan fingerprint density at radius 2 is 2.16 bits per heavy atom. The fourth-order valence-corrected chi connectivity index (χ4v) is 3.30. The molecule has 0 aromatic heterocycles. The van der Waals surface area contributed by atoms with Gasteiger partial charge in [0.25, 0.3) is 0 Å². The van der Waals surface area contributed by atoms with Crippen LogP contribution in [0.3, 0.4) is 0 Å². The van der Waals surface area contributed by atoms with Gasteiger partial charge in [0.2, 0.25) is 0 Å². The quantitative estimate of drug-likeness (QED) is 0.718. The van der Waals surface area contributed by atoms with Gasteiger partial charge in [0.05, 0.1) is 0 Å². The Kier molecular flexibility index (Phi) is 2.07. The van der Waals surface area contributed by atoms with E-state index in [0.29, 0.717) is 0 Å². The lowest BCUT2D eigenvalue weighted by Gasteiger charge is -2.00. The van der Waals surface area contributed by atoms with Gasteiger partial charge in [0.1, 0.15) is 5.82 Å². The van der Waals surface area contributed by atoms with E-state index >= 15 is 0 Å². The van der Waals surface area contributed by atoms with E-state index in [1.54, 1.807) is 0 Å². The number of anilines is 1. The largest absolute Gasteiger partial charge is 0.373 e. The van der Waals surface area contributed by atoms with Gasteiger partial charge in [-0.25, -0.2) is 4.98 Å². The molecule has 1 aliphatic heterocycles. The molecule has 0 atom stereocenters. The zero-order valence-corrected chi connectivity index (χ0v) is 11.1. The SMILES string of the molecule is CN=c1nc(NC)c2c3c4c(ccc-4c1=2)CCC=C3. The molecular weight excluding hydrogens is 234 g/mol. The van der Waals surface area contributed by atoms with Crippen LogP contribution in [0, 0.1) is 10.4 Å². The Labute approximate surface area is 111 Å². The van der Waals surface area contributed by atoms with Crippen LogP contribution < -0.4 is 10.8 Å². The van der Waals surface area contributed by atoms with Crippen LogP contribution in [-0.2, 0) is 6.42 Å². The molecule has 3 nitrogen and oxygen atoms in total. The van der Waals surface area contributed by atoms with Gasteiger partial charge >= 0.3 is 0 Å². The van der Waals surface area contributed by atoms with Crippen molar-refractivity contribution in [2.24, 2.45) is 4.99 Å². The minimum atomic E-state index is 0.849. The lowest BCUT2D eigenvalue weighted by molar-refractivity contribution is 1.02. The average Bonchev–Trinajstić information content (AvgIpc) is 3.02. The van der Waals surface area contributed by atoms with Gasteiger partial charge in [-0.05, 0) is 35.1 Å². The van der Waals surface area contributed by atoms with Gasteiger partial charge in [-0.1, -0.05) is 24.3 Å². The standard InChI is InChI=1S/C16H15N3/c1-17-15-13-10-6-4-3-5-9-7-8-11(12(9)10)14(13)16(18-2)19-15/h4,6-8H,3,5H2,1-2H3,(H,17,18,19). The number of rotatable bonds is 1. The minimum absolute atomic E-state index is 0.849. The van der Waals surface area contributed by atoms with Crippen molar-refractivity contribution >= 4 is 11.9 Å². The van der Waals surface area contributed by atoms with Gasteiger partial charge in [-0.3, -0.25) is 4.99 Å². The highest BCUT2D eigenvalue weighted by atomic mass is 15.0. The van der Waals surface area contributed by atoms with Crippen LogP contribution in [0.2, 0.25) is 0 Å². The Morgan fingerprint density at radius 3 is 2.95 bits per heavy atom. The Balaban J connectivity index is 2.32. The van der Waals surface area contributed by atoms with Gasteiger partial charge in [-0.15, -0.1) is 0 Å². The maximum absolute atomic E-state index is 4.60. The summed E-state index contributed by atoms with van der Waals surface area (Å²) in [5, 5.41) is 5.64. The van der Waals surface area contributed by atoms with Crippen LogP contribution in [0.25, 0.3) is 17.2 Å². The van der Waals surface area contributed by atoms with Crippen molar-refractivity contribution < 1.29 is 0 Å². The number of nitrogens with zero attached hydrogens (tertiary/aromatic N) is 2. The van der Waals surface area contributed by atoms with Crippen molar-refractivity contribution in [3.8, 4) is 11.1 Å². The highest BCUT2D eigenvalue weighted by Gasteiger charge is 2.24.